The lowest BCUT2D eigenvalue weighted by Crippen LogP contribution is -2.58. The largest absolute Gasteiger partial charge is 0.393 e. The molecule has 4 aliphatic carbocycles. The van der Waals surface area contributed by atoms with Crippen LogP contribution in [0, 0.1) is 59.1 Å². The SMILES string of the molecule is Cc1cc2[nH]c(CCC(C)[C@H]3CC[C@H]4[C@@H]5[C@H](O)C[C@@H]6C[C@H](O)CC[C@]6(C)[C@H]5CC[C@]34C)nc2cc1F. The van der Waals surface area contributed by atoms with Gasteiger partial charge < -0.3 is 15.2 Å². The molecule has 1 heterocycles. The number of hydrogen-bond donors (Lipinski definition) is 3. The Morgan fingerprint density at radius 3 is 2.61 bits per heavy atom. The average Bonchev–Trinajstić information content (AvgIpc) is 3.39. The quantitative estimate of drug-likeness (QED) is 0.448. The predicted octanol–water partition coefficient (Wildman–Crippen LogP) is 6.57. The molecule has 0 aliphatic heterocycles. The van der Waals surface area contributed by atoms with E-state index in [0.717, 1.165) is 55.4 Å². The molecule has 36 heavy (non-hydrogen) atoms. The number of imidazole rings is 1. The smallest absolute Gasteiger partial charge is 0.128 e. The molecule has 0 spiro atoms. The second-order valence-electron chi connectivity index (χ2n) is 13.8. The monoisotopic (exact) mass is 496 g/mol. The van der Waals surface area contributed by atoms with Crippen molar-refractivity contribution in [3.8, 4) is 0 Å². The summed E-state index contributed by atoms with van der Waals surface area (Å²) in [5.41, 5.74) is 2.89. The van der Waals surface area contributed by atoms with Crippen LogP contribution < -0.4 is 0 Å². The van der Waals surface area contributed by atoms with Crippen molar-refractivity contribution in [3.05, 3.63) is 29.3 Å². The fourth-order valence-corrected chi connectivity index (χ4v) is 10.1. The molecule has 4 nitrogen and oxygen atoms in total. The standard InChI is InChI=1S/C31H45FN2O2/c1-17(5-8-28-33-25-13-18(2)24(32)16-26(25)34-28)21-6-7-22-29-23(10-12-31(21,22)4)30(3)11-9-20(35)14-19(30)15-27(29)36/h13,16-17,19-23,27,29,35-36H,5-12,14-15H2,1-4H3,(H,33,34)/t17?,19-,20+,21+,22-,23-,27+,29-,30-,31+/m0/s1. The molecule has 3 N–H and O–H groups in total. The number of halogens is 1. The van der Waals surface area contributed by atoms with E-state index in [2.05, 4.69) is 30.7 Å². The van der Waals surface area contributed by atoms with Gasteiger partial charge in [0.2, 0.25) is 0 Å². The summed E-state index contributed by atoms with van der Waals surface area (Å²) >= 11 is 0. The number of nitrogens with one attached hydrogen (secondary N) is 1. The summed E-state index contributed by atoms with van der Waals surface area (Å²) in [4.78, 5) is 8.10. The number of hydrogen-bond acceptors (Lipinski definition) is 3. The van der Waals surface area contributed by atoms with E-state index in [0.29, 0.717) is 46.5 Å². The normalized spacial score (nSPS) is 43.1. The van der Waals surface area contributed by atoms with Crippen LogP contribution in [-0.4, -0.2) is 32.4 Å². The van der Waals surface area contributed by atoms with E-state index >= 15 is 0 Å². The number of aliphatic hydroxyl groups excluding tert-OH is 2. The summed E-state index contributed by atoms with van der Waals surface area (Å²) in [7, 11) is 0. The summed E-state index contributed by atoms with van der Waals surface area (Å²) in [5.74, 6) is 4.15. The van der Waals surface area contributed by atoms with Crippen LogP contribution in [0.5, 0.6) is 0 Å². The van der Waals surface area contributed by atoms with Crippen molar-refractivity contribution >= 4 is 11.0 Å². The van der Waals surface area contributed by atoms with Crippen molar-refractivity contribution in [2.24, 2.45) is 46.3 Å². The van der Waals surface area contributed by atoms with Crippen molar-refractivity contribution in [3.63, 3.8) is 0 Å². The van der Waals surface area contributed by atoms with Gasteiger partial charge in [0.05, 0.1) is 23.2 Å². The van der Waals surface area contributed by atoms with Gasteiger partial charge in [-0.1, -0.05) is 20.8 Å². The van der Waals surface area contributed by atoms with Crippen molar-refractivity contribution in [2.45, 2.75) is 104 Å². The Bertz CT molecular complexity index is 1090. The van der Waals surface area contributed by atoms with E-state index in [4.69, 9.17) is 0 Å². The number of aromatic nitrogens is 2. The number of rotatable bonds is 4. The third-order valence-electron chi connectivity index (χ3n) is 12.1. The second kappa shape index (κ2) is 8.80. The topological polar surface area (TPSA) is 69.1 Å². The molecule has 0 radical (unpaired) electrons. The zero-order valence-corrected chi connectivity index (χ0v) is 22.6. The van der Waals surface area contributed by atoms with E-state index < -0.39 is 0 Å². The Hall–Kier alpha value is -1.46. The molecule has 2 aromatic rings. The van der Waals surface area contributed by atoms with Gasteiger partial charge in [0.25, 0.3) is 0 Å². The Balaban J connectivity index is 1.17. The lowest BCUT2D eigenvalue weighted by atomic mass is 9.43. The molecule has 1 aromatic carbocycles. The van der Waals surface area contributed by atoms with Gasteiger partial charge in [-0.25, -0.2) is 9.37 Å². The highest BCUT2D eigenvalue weighted by Crippen LogP contribution is 2.68. The number of nitrogens with zero attached hydrogens (tertiary/aromatic N) is 1. The van der Waals surface area contributed by atoms with Gasteiger partial charge in [-0.15, -0.1) is 0 Å². The molecule has 0 saturated heterocycles. The summed E-state index contributed by atoms with van der Waals surface area (Å²) < 4.78 is 14.0. The minimum atomic E-state index is -0.212. The van der Waals surface area contributed by atoms with Crippen molar-refractivity contribution in [1.29, 1.82) is 0 Å². The first-order chi connectivity index (χ1) is 17.1. The molecule has 1 unspecified atom stereocenters. The molecule has 0 amide bonds. The van der Waals surface area contributed by atoms with E-state index in [1.165, 1.54) is 25.7 Å². The van der Waals surface area contributed by atoms with Gasteiger partial charge >= 0.3 is 0 Å². The molecule has 4 saturated carbocycles. The summed E-state index contributed by atoms with van der Waals surface area (Å²) in [6, 6.07) is 3.40. The van der Waals surface area contributed by atoms with E-state index in [9.17, 15) is 14.6 Å². The van der Waals surface area contributed by atoms with Crippen LogP contribution in [0.25, 0.3) is 11.0 Å². The van der Waals surface area contributed by atoms with Crippen LogP contribution >= 0.6 is 0 Å². The maximum absolute atomic E-state index is 14.0. The number of H-pyrrole nitrogens is 1. The van der Waals surface area contributed by atoms with E-state index in [-0.39, 0.29) is 23.4 Å². The minimum Gasteiger partial charge on any atom is -0.393 e. The first-order valence-electron chi connectivity index (χ1n) is 14.6. The van der Waals surface area contributed by atoms with Gasteiger partial charge in [0.1, 0.15) is 11.6 Å². The summed E-state index contributed by atoms with van der Waals surface area (Å²) in [6.07, 6.45) is 10.4. The number of aryl methyl sites for hydroxylation is 2. The minimum absolute atomic E-state index is 0.174. The van der Waals surface area contributed by atoms with Gasteiger partial charge in [0, 0.05) is 12.5 Å². The molecule has 198 valence electrons. The first-order valence-corrected chi connectivity index (χ1v) is 14.6. The molecule has 4 aliphatic rings. The maximum Gasteiger partial charge on any atom is 0.128 e. The number of fused-ring (bicyclic) bond motifs is 6. The van der Waals surface area contributed by atoms with Crippen LogP contribution in [0.15, 0.2) is 12.1 Å². The van der Waals surface area contributed by atoms with Crippen molar-refractivity contribution in [2.75, 3.05) is 0 Å². The molecule has 1 aromatic heterocycles. The molecular weight excluding hydrogens is 451 g/mol. The Morgan fingerprint density at radius 1 is 1.06 bits per heavy atom. The Kier molecular flexibility index (Phi) is 6.07. The lowest BCUT2D eigenvalue weighted by molar-refractivity contribution is -0.174. The van der Waals surface area contributed by atoms with Gasteiger partial charge in [-0.05, 0) is 123 Å². The number of aromatic amines is 1. The molecule has 0 bridgehead atoms. The lowest BCUT2D eigenvalue weighted by Gasteiger charge is -2.62. The zero-order chi connectivity index (χ0) is 25.4. The molecule has 5 heteroatoms. The van der Waals surface area contributed by atoms with Crippen LogP contribution in [0.3, 0.4) is 0 Å². The Morgan fingerprint density at radius 2 is 1.81 bits per heavy atom. The van der Waals surface area contributed by atoms with Crippen LogP contribution in [-0.2, 0) is 6.42 Å². The van der Waals surface area contributed by atoms with Gasteiger partial charge in [-0.2, -0.15) is 0 Å². The van der Waals surface area contributed by atoms with Crippen LogP contribution in [0.4, 0.5) is 4.39 Å². The zero-order valence-electron chi connectivity index (χ0n) is 22.6. The highest BCUT2D eigenvalue weighted by Gasteiger charge is 2.62. The summed E-state index contributed by atoms with van der Waals surface area (Å²) in [5, 5.41) is 21.8. The molecule has 4 fully saturated rings. The number of aliphatic hydroxyl groups is 2. The van der Waals surface area contributed by atoms with E-state index in [1.807, 2.05) is 6.07 Å². The van der Waals surface area contributed by atoms with Crippen LogP contribution in [0.1, 0.15) is 89.9 Å². The number of benzene rings is 1. The van der Waals surface area contributed by atoms with Crippen LogP contribution in [0.2, 0.25) is 0 Å². The Labute approximate surface area is 215 Å². The third-order valence-corrected chi connectivity index (χ3v) is 12.1. The third kappa shape index (κ3) is 3.78. The average molecular weight is 497 g/mol. The summed E-state index contributed by atoms with van der Waals surface area (Å²) in [6.45, 7) is 9.25. The van der Waals surface area contributed by atoms with E-state index in [1.54, 1.807) is 13.0 Å². The van der Waals surface area contributed by atoms with Gasteiger partial charge in [0.15, 0.2) is 0 Å². The molecule has 10 atom stereocenters. The highest BCUT2D eigenvalue weighted by atomic mass is 19.1. The fourth-order valence-electron chi connectivity index (χ4n) is 10.1. The second-order valence-corrected chi connectivity index (χ2v) is 13.8. The van der Waals surface area contributed by atoms with Crippen molar-refractivity contribution < 1.29 is 14.6 Å². The predicted molar refractivity (Wildman–Crippen MR) is 141 cm³/mol. The molecular formula is C31H45FN2O2. The first kappa shape index (κ1) is 24.9. The van der Waals surface area contributed by atoms with Gasteiger partial charge in [-0.3, -0.25) is 0 Å². The maximum atomic E-state index is 14.0. The molecule has 6 rings (SSSR count). The fraction of sp³-hybridized carbons (Fsp3) is 0.774. The van der Waals surface area contributed by atoms with Crippen molar-refractivity contribution in [1.82, 2.24) is 9.97 Å². The highest BCUT2D eigenvalue weighted by molar-refractivity contribution is 5.76.